The zero-order valence-electron chi connectivity index (χ0n) is 2.25. The predicted octanol–water partition coefficient (Wildman–Crippen LogP) is -3.09. The first-order valence-corrected chi connectivity index (χ1v) is 0.707. The average molecular weight is 89.8 g/mol. The molecule has 2 radical (unpaired) electrons. The van der Waals surface area contributed by atoms with Crippen molar-refractivity contribution < 1.29 is 15.1 Å². The van der Waals surface area contributed by atoms with E-state index in [9.17, 15) is 0 Å². The quantitative estimate of drug-likeness (QED) is 0.234. The third-order valence-electron chi connectivity index (χ3n) is 0. The van der Waals surface area contributed by atoms with Gasteiger partial charge in [0.25, 0.3) is 0 Å². The molecule has 0 unspecified atom stereocenters. The van der Waals surface area contributed by atoms with Gasteiger partial charge in [0, 0.05) is 0 Å². The molecular formula is BO3P. The molecule has 0 aromatic heterocycles. The van der Waals surface area contributed by atoms with E-state index in [1.54, 1.807) is 0 Å². The van der Waals surface area contributed by atoms with Gasteiger partial charge in [-0.1, -0.05) is 0 Å². The Hall–Kier alpha value is 0.375. The van der Waals surface area contributed by atoms with Gasteiger partial charge in [0.15, 0.2) is 0 Å². The van der Waals surface area contributed by atoms with E-state index in [2.05, 4.69) is 0 Å². The number of rotatable bonds is 0. The first-order chi connectivity index (χ1) is 1.73. The number of hydrogen-bond donors (Lipinski definition) is 0. The van der Waals surface area contributed by atoms with Crippen LogP contribution in [0.1, 0.15) is 0 Å². The van der Waals surface area contributed by atoms with Crippen molar-refractivity contribution in [3.63, 3.8) is 0 Å². The zero-order chi connectivity index (χ0) is 3.58. The van der Waals surface area contributed by atoms with Gasteiger partial charge in [-0.25, -0.2) is 0 Å². The summed E-state index contributed by atoms with van der Waals surface area (Å²) in [6.07, 6.45) is 0. The summed E-state index contributed by atoms with van der Waals surface area (Å²) < 4.78 is 0. The molecule has 0 saturated heterocycles. The van der Waals surface area contributed by atoms with Crippen molar-refractivity contribution in [3.8, 4) is 0 Å². The predicted molar refractivity (Wildman–Crippen MR) is 12.7 cm³/mol. The van der Waals surface area contributed by atoms with Crippen LogP contribution in [-0.2, 0) is 0 Å². The average Bonchev–Trinajstić information content (AvgIpc) is 0.811. The van der Waals surface area contributed by atoms with E-state index in [1.807, 2.05) is 0 Å². The fourth-order valence-electron chi connectivity index (χ4n) is 0. The minimum Gasteiger partial charge on any atom is -0.907 e. The Kier molecular flexibility index (Phi) is 7.90. The number of hydrogen-bond acceptors (Lipinski definition) is 3. The second kappa shape index (κ2) is 4.37. The van der Waals surface area contributed by atoms with Crippen LogP contribution >= 0.6 is 9.90 Å². The standard InChI is InChI=1S/BO3.P/c2-1(3)4;/q-3;+3. The summed E-state index contributed by atoms with van der Waals surface area (Å²) in [7, 11) is -2.92. The van der Waals surface area contributed by atoms with Gasteiger partial charge >= 0.3 is 9.90 Å². The molecule has 0 bridgehead atoms. The van der Waals surface area contributed by atoms with Crippen molar-refractivity contribution >= 4 is 17.2 Å². The molecule has 0 aromatic rings. The van der Waals surface area contributed by atoms with Gasteiger partial charge in [0.1, 0.15) is 0 Å². The van der Waals surface area contributed by atoms with Crippen molar-refractivity contribution in [2.45, 2.75) is 0 Å². The molecule has 26 valence electrons. The zero-order valence-corrected chi connectivity index (χ0v) is 3.14. The Morgan fingerprint density at radius 3 is 1.00 bits per heavy atom. The summed E-state index contributed by atoms with van der Waals surface area (Å²) in [6, 6.07) is 0. The van der Waals surface area contributed by atoms with E-state index in [1.165, 1.54) is 0 Å². The Morgan fingerprint density at radius 1 is 1.00 bits per heavy atom. The van der Waals surface area contributed by atoms with Crippen molar-refractivity contribution in [1.82, 2.24) is 0 Å². The molecule has 0 spiro atoms. The van der Waals surface area contributed by atoms with E-state index < -0.39 is 7.32 Å². The summed E-state index contributed by atoms with van der Waals surface area (Å²) >= 11 is 0. The summed E-state index contributed by atoms with van der Waals surface area (Å²) in [5.74, 6) is 0. The molecule has 0 amide bonds. The Labute approximate surface area is 33.4 Å². The van der Waals surface area contributed by atoms with Crippen LogP contribution in [0.5, 0.6) is 0 Å². The van der Waals surface area contributed by atoms with E-state index in [0.29, 0.717) is 0 Å². The van der Waals surface area contributed by atoms with E-state index in [0.717, 1.165) is 0 Å². The van der Waals surface area contributed by atoms with Crippen molar-refractivity contribution in [2.75, 3.05) is 0 Å². The topological polar surface area (TPSA) is 69.2 Å². The molecule has 5 heavy (non-hydrogen) atoms. The molecule has 5 heteroatoms. The molecule has 0 rings (SSSR count). The van der Waals surface area contributed by atoms with Crippen LogP contribution in [0.25, 0.3) is 0 Å². The van der Waals surface area contributed by atoms with Crippen LogP contribution in [0, 0.1) is 0 Å². The minimum atomic E-state index is -2.92. The maximum absolute atomic E-state index is 8.42. The maximum atomic E-state index is 8.42. The fourth-order valence-corrected chi connectivity index (χ4v) is 0. The smallest absolute Gasteiger partial charge is 0.907 e. The summed E-state index contributed by atoms with van der Waals surface area (Å²) in [6.45, 7) is 0. The second-order valence-electron chi connectivity index (χ2n) is 0.289. The van der Waals surface area contributed by atoms with Crippen molar-refractivity contribution in [1.29, 1.82) is 0 Å². The summed E-state index contributed by atoms with van der Waals surface area (Å²) in [5.41, 5.74) is 0. The van der Waals surface area contributed by atoms with Crippen molar-refractivity contribution in [3.05, 3.63) is 0 Å². The largest absolute Gasteiger partial charge is 3.00 e. The van der Waals surface area contributed by atoms with Crippen LogP contribution in [0.2, 0.25) is 0 Å². The van der Waals surface area contributed by atoms with E-state index in [-0.39, 0.29) is 9.90 Å². The van der Waals surface area contributed by atoms with Gasteiger partial charge in [-0.15, -0.1) is 0 Å². The van der Waals surface area contributed by atoms with Gasteiger partial charge in [0.2, 0.25) is 0 Å². The fraction of sp³-hybridized carbons (Fsp3) is 0. The molecule has 0 aliphatic carbocycles. The molecule has 0 atom stereocenters. The van der Waals surface area contributed by atoms with Crippen LogP contribution in [-0.4, -0.2) is 7.32 Å². The Balaban J connectivity index is 0. The van der Waals surface area contributed by atoms with E-state index >= 15 is 0 Å². The first-order valence-electron chi connectivity index (χ1n) is 0.707. The normalized spacial score (nSPS) is 5.40. The van der Waals surface area contributed by atoms with Gasteiger partial charge < -0.3 is 15.1 Å². The third-order valence-corrected chi connectivity index (χ3v) is 0. The minimum absolute atomic E-state index is 0. The first kappa shape index (κ1) is 9.03. The molecule has 0 fully saturated rings. The SMILES string of the molecule is [O-]B([O-])[O-].[P+3]. The molecule has 0 saturated carbocycles. The van der Waals surface area contributed by atoms with Gasteiger partial charge in [0.05, 0.1) is 0 Å². The van der Waals surface area contributed by atoms with Crippen LogP contribution in [0.4, 0.5) is 0 Å². The monoisotopic (exact) mass is 90.0 g/mol. The second-order valence-corrected chi connectivity index (χ2v) is 0.289. The van der Waals surface area contributed by atoms with Crippen molar-refractivity contribution in [2.24, 2.45) is 0 Å². The molecule has 3 nitrogen and oxygen atoms in total. The molecule has 0 aliphatic rings. The van der Waals surface area contributed by atoms with Crippen LogP contribution in [0.3, 0.4) is 0 Å². The summed E-state index contributed by atoms with van der Waals surface area (Å²) in [4.78, 5) is 0. The van der Waals surface area contributed by atoms with Gasteiger partial charge in [-0.2, -0.15) is 0 Å². The Morgan fingerprint density at radius 2 is 1.00 bits per heavy atom. The van der Waals surface area contributed by atoms with Gasteiger partial charge in [-0.05, 0) is 0 Å². The van der Waals surface area contributed by atoms with Crippen LogP contribution in [0.15, 0.2) is 0 Å². The molecule has 0 aromatic carbocycles. The molecule has 0 aliphatic heterocycles. The third kappa shape index (κ3) is 176. The van der Waals surface area contributed by atoms with Crippen LogP contribution < -0.4 is 15.1 Å². The summed E-state index contributed by atoms with van der Waals surface area (Å²) in [5, 5.41) is 25.2. The molecule has 0 heterocycles. The molecule has 0 N–H and O–H groups in total. The van der Waals surface area contributed by atoms with Gasteiger partial charge in [-0.3, -0.25) is 7.32 Å². The molecular weight excluding hydrogens is 89.8 g/mol. The Bertz CT molecular complexity index is 11.6. The van der Waals surface area contributed by atoms with E-state index in [4.69, 9.17) is 15.1 Å². The maximum Gasteiger partial charge on any atom is 3.00 e.